The van der Waals surface area contributed by atoms with Gasteiger partial charge in [-0.25, -0.2) is 0 Å². The molecule has 3 N–H and O–H groups in total. The largest absolute Gasteiger partial charge is 0.492 e. The normalized spacial score (nSPS) is 20.0. The lowest BCUT2D eigenvalue weighted by atomic mass is 9.87. The van der Waals surface area contributed by atoms with Crippen molar-refractivity contribution < 1.29 is 28.3 Å². The van der Waals surface area contributed by atoms with Gasteiger partial charge in [0.2, 0.25) is 12.5 Å². The summed E-state index contributed by atoms with van der Waals surface area (Å²) >= 11 is 0. The van der Waals surface area contributed by atoms with E-state index in [1.165, 1.54) is 0 Å². The molecule has 3 aromatic rings. The molecule has 0 fully saturated rings. The van der Waals surface area contributed by atoms with Gasteiger partial charge in [0.15, 0.2) is 24.1 Å². The maximum absolute atomic E-state index is 14.3. The molecule has 3 aromatic carbocycles. The Morgan fingerprint density at radius 1 is 1.08 bits per heavy atom. The zero-order chi connectivity index (χ0) is 25.3. The Morgan fingerprint density at radius 2 is 1.72 bits per heavy atom. The van der Waals surface area contributed by atoms with Crippen LogP contribution in [0.25, 0.3) is 0 Å². The van der Waals surface area contributed by atoms with Crippen molar-refractivity contribution in [2.24, 2.45) is 5.73 Å². The summed E-state index contributed by atoms with van der Waals surface area (Å²) in [7, 11) is 3.44. The van der Waals surface area contributed by atoms with E-state index in [0.717, 1.165) is 16.7 Å². The van der Waals surface area contributed by atoms with Gasteiger partial charge in [0.1, 0.15) is 0 Å². The molecule has 8 nitrogen and oxygen atoms in total. The van der Waals surface area contributed by atoms with Crippen molar-refractivity contribution in [2.45, 2.75) is 18.5 Å². The maximum Gasteiger partial charge on any atom is 0.284 e. The second kappa shape index (κ2) is 9.54. The van der Waals surface area contributed by atoms with Crippen molar-refractivity contribution in [3.63, 3.8) is 0 Å². The number of methoxy groups -OCH3 is 1. The van der Waals surface area contributed by atoms with E-state index in [9.17, 15) is 9.59 Å². The molecule has 0 saturated heterocycles. The fourth-order valence-corrected chi connectivity index (χ4v) is 5.42. The van der Waals surface area contributed by atoms with Crippen LogP contribution >= 0.6 is 0 Å². The molecule has 5 rings (SSSR count). The fourth-order valence-electron chi connectivity index (χ4n) is 5.42. The van der Waals surface area contributed by atoms with Crippen molar-refractivity contribution in [1.29, 1.82) is 0 Å². The Kier molecular flexibility index (Phi) is 6.28. The van der Waals surface area contributed by atoms with Crippen molar-refractivity contribution in [3.8, 4) is 17.2 Å². The van der Waals surface area contributed by atoms with Gasteiger partial charge in [-0.1, -0.05) is 60.7 Å². The number of quaternary nitrogens is 1. The van der Waals surface area contributed by atoms with Crippen LogP contribution in [0.15, 0.2) is 66.7 Å². The summed E-state index contributed by atoms with van der Waals surface area (Å²) in [6.45, 7) is 0.650. The lowest BCUT2D eigenvalue weighted by Gasteiger charge is -2.44. The molecule has 0 bridgehead atoms. The number of nitrogens with one attached hydrogen (secondary N) is 1. The first-order valence-corrected chi connectivity index (χ1v) is 11.9. The summed E-state index contributed by atoms with van der Waals surface area (Å²) in [5, 5.41) is 3.27. The van der Waals surface area contributed by atoms with Gasteiger partial charge < -0.3 is 29.7 Å². The van der Waals surface area contributed by atoms with Crippen LogP contribution in [0.1, 0.15) is 34.3 Å². The molecular formula is C28H30N3O5+. The van der Waals surface area contributed by atoms with Crippen LogP contribution in [0.2, 0.25) is 0 Å². The number of ether oxygens (including phenoxy) is 3. The zero-order valence-corrected chi connectivity index (χ0v) is 20.4. The van der Waals surface area contributed by atoms with Crippen LogP contribution in [0.4, 0.5) is 0 Å². The standard InChI is InChI=1S/C28H29N3O5/c1-31(16-22(29)32)14-13-20-15-21-26(36-17-35-21)27(34-2)23(20)25(31)28(33)30-24(18-9-5-3-6-10-18)19-11-7-4-8-12-19/h3-12,15,24-25H,13-14,16-17H2,1-2H3,(H2-,29,30,32,33)/p+1/t25-,31?/m1/s1. The van der Waals surface area contributed by atoms with Crippen LogP contribution in [-0.4, -0.2) is 50.3 Å². The fraction of sp³-hybridized carbons (Fsp3) is 0.286. The van der Waals surface area contributed by atoms with E-state index in [4.69, 9.17) is 19.9 Å². The molecular weight excluding hydrogens is 458 g/mol. The number of nitrogens with zero attached hydrogens (tertiary/aromatic N) is 1. The summed E-state index contributed by atoms with van der Waals surface area (Å²) in [4.78, 5) is 26.4. The molecule has 2 aliphatic heterocycles. The summed E-state index contributed by atoms with van der Waals surface area (Å²) in [5.74, 6) is 0.840. The summed E-state index contributed by atoms with van der Waals surface area (Å²) in [5.41, 5.74) is 9.22. The monoisotopic (exact) mass is 488 g/mol. The number of hydrogen-bond donors (Lipinski definition) is 2. The quantitative estimate of drug-likeness (QED) is 0.498. The molecule has 0 aliphatic carbocycles. The number of carbonyl (C=O) groups excluding carboxylic acids is 2. The molecule has 1 unspecified atom stereocenters. The van der Waals surface area contributed by atoms with E-state index < -0.39 is 11.9 Å². The van der Waals surface area contributed by atoms with Gasteiger partial charge >= 0.3 is 0 Å². The Bertz CT molecular complexity index is 1240. The average molecular weight is 489 g/mol. The first-order chi connectivity index (χ1) is 17.4. The van der Waals surface area contributed by atoms with Gasteiger partial charge in [-0.3, -0.25) is 9.59 Å². The highest BCUT2D eigenvalue weighted by atomic mass is 16.7. The molecule has 2 heterocycles. The Balaban J connectivity index is 1.62. The first kappa shape index (κ1) is 23.7. The molecule has 0 aromatic heterocycles. The molecule has 2 amide bonds. The van der Waals surface area contributed by atoms with E-state index in [-0.39, 0.29) is 29.8 Å². The maximum atomic E-state index is 14.3. The predicted molar refractivity (Wildman–Crippen MR) is 134 cm³/mol. The third-order valence-electron chi connectivity index (χ3n) is 7.05. The van der Waals surface area contributed by atoms with Crippen LogP contribution < -0.4 is 25.3 Å². The SMILES string of the molecule is COc1c2c(cc3c1[C@H](C(=O)NC(c1ccccc1)c1ccccc1)[N+](C)(CC(N)=O)CC3)OCO2. The molecule has 36 heavy (non-hydrogen) atoms. The molecule has 0 saturated carbocycles. The van der Waals surface area contributed by atoms with Crippen LogP contribution in [0.3, 0.4) is 0 Å². The Morgan fingerprint density at radius 3 is 2.31 bits per heavy atom. The number of hydrogen-bond acceptors (Lipinski definition) is 5. The van der Waals surface area contributed by atoms with Crippen LogP contribution in [0, 0.1) is 0 Å². The molecule has 2 atom stereocenters. The van der Waals surface area contributed by atoms with E-state index in [2.05, 4.69) is 5.32 Å². The Labute approximate surface area is 210 Å². The second-order valence-electron chi connectivity index (χ2n) is 9.46. The van der Waals surface area contributed by atoms with Crippen LogP contribution in [-0.2, 0) is 16.0 Å². The van der Waals surface area contributed by atoms with E-state index in [1.807, 2.05) is 73.8 Å². The number of rotatable bonds is 7. The molecule has 186 valence electrons. The molecule has 0 radical (unpaired) electrons. The minimum atomic E-state index is -0.749. The van der Waals surface area contributed by atoms with Gasteiger partial charge in [-0.2, -0.15) is 0 Å². The van der Waals surface area contributed by atoms with Gasteiger partial charge in [-0.05, 0) is 22.8 Å². The summed E-state index contributed by atoms with van der Waals surface area (Å²) in [6.07, 6.45) is 0.636. The number of likely N-dealkylation sites (N-methyl/N-ethyl adjacent to an activating group) is 1. The van der Waals surface area contributed by atoms with E-state index in [0.29, 0.717) is 35.8 Å². The van der Waals surface area contributed by atoms with E-state index >= 15 is 0 Å². The minimum Gasteiger partial charge on any atom is -0.492 e. The van der Waals surface area contributed by atoms with Crippen molar-refractivity contribution in [3.05, 3.63) is 89.0 Å². The highest BCUT2D eigenvalue weighted by Crippen LogP contribution is 2.51. The highest BCUT2D eigenvalue weighted by Gasteiger charge is 2.49. The van der Waals surface area contributed by atoms with Gasteiger partial charge in [0, 0.05) is 6.42 Å². The average Bonchev–Trinajstić information content (AvgIpc) is 3.34. The predicted octanol–water partition coefficient (Wildman–Crippen LogP) is 2.86. The Hall–Kier alpha value is -4.04. The second-order valence-corrected chi connectivity index (χ2v) is 9.46. The topological polar surface area (TPSA) is 99.9 Å². The van der Waals surface area contributed by atoms with E-state index in [1.54, 1.807) is 7.11 Å². The van der Waals surface area contributed by atoms with Crippen molar-refractivity contribution >= 4 is 11.8 Å². The van der Waals surface area contributed by atoms with Crippen molar-refractivity contribution in [2.75, 3.05) is 34.0 Å². The summed E-state index contributed by atoms with van der Waals surface area (Å²) < 4.78 is 17.2. The van der Waals surface area contributed by atoms with Gasteiger partial charge in [0.05, 0.1) is 32.3 Å². The number of fused-ring (bicyclic) bond motifs is 2. The number of amides is 2. The molecule has 2 aliphatic rings. The lowest BCUT2D eigenvalue weighted by molar-refractivity contribution is -0.924. The van der Waals surface area contributed by atoms with Crippen molar-refractivity contribution in [1.82, 2.24) is 5.32 Å². The van der Waals surface area contributed by atoms with Gasteiger partial charge in [-0.15, -0.1) is 0 Å². The molecule has 8 heteroatoms. The zero-order valence-electron chi connectivity index (χ0n) is 20.4. The number of benzene rings is 3. The smallest absolute Gasteiger partial charge is 0.284 e. The number of nitrogens with two attached hydrogens (primary N) is 1. The first-order valence-electron chi connectivity index (χ1n) is 11.9. The third-order valence-corrected chi connectivity index (χ3v) is 7.05. The highest BCUT2D eigenvalue weighted by molar-refractivity contribution is 5.86. The van der Waals surface area contributed by atoms with Crippen LogP contribution in [0.5, 0.6) is 17.2 Å². The summed E-state index contributed by atoms with van der Waals surface area (Å²) in [6, 6.07) is 20.4. The third kappa shape index (κ3) is 4.24. The molecule has 0 spiro atoms. The lowest BCUT2D eigenvalue weighted by Crippen LogP contribution is -2.59. The minimum absolute atomic E-state index is 0.0104. The number of primary amides is 1. The van der Waals surface area contributed by atoms with Gasteiger partial charge in [0.25, 0.3) is 11.8 Å². The number of carbonyl (C=O) groups is 2.